The maximum absolute atomic E-state index is 15.8. The Kier molecular flexibility index (Phi) is 10.2. The van der Waals surface area contributed by atoms with Gasteiger partial charge in [-0.25, -0.2) is 30.3 Å². The van der Waals surface area contributed by atoms with Gasteiger partial charge in [0, 0.05) is 43.5 Å². The van der Waals surface area contributed by atoms with Crippen LogP contribution in [0, 0.1) is 5.82 Å². The van der Waals surface area contributed by atoms with Crippen LogP contribution in [0.4, 0.5) is 14.9 Å². The van der Waals surface area contributed by atoms with E-state index in [-0.39, 0.29) is 47.0 Å². The van der Waals surface area contributed by atoms with Crippen LogP contribution in [-0.4, -0.2) is 96.0 Å². The number of hydrogen-bond donors (Lipinski definition) is 0. The van der Waals surface area contributed by atoms with Crippen LogP contribution in [0.3, 0.4) is 0 Å². The molecule has 48 heavy (non-hydrogen) atoms. The number of amides is 3. The molecule has 4 aromatic carbocycles. The molecule has 5 rings (SSSR count). The summed E-state index contributed by atoms with van der Waals surface area (Å²) >= 11 is 6.11. The molecule has 3 amide bonds. The molecule has 0 aromatic heterocycles. The minimum absolute atomic E-state index is 0.0285. The average molecular weight is 715 g/mol. The third kappa shape index (κ3) is 7.19. The lowest BCUT2D eigenvalue weighted by Crippen LogP contribution is -2.58. The van der Waals surface area contributed by atoms with E-state index in [9.17, 15) is 26.4 Å². The molecule has 1 saturated heterocycles. The number of rotatable bonds is 9. The van der Waals surface area contributed by atoms with Gasteiger partial charge in [-0.1, -0.05) is 48.0 Å². The Balaban J connectivity index is 1.54. The Morgan fingerprint density at radius 2 is 1.60 bits per heavy atom. The second-order valence-electron chi connectivity index (χ2n) is 12.0. The summed E-state index contributed by atoms with van der Waals surface area (Å²) < 4.78 is 69.9. The minimum atomic E-state index is -4.60. The van der Waals surface area contributed by atoms with Gasteiger partial charge in [0.15, 0.2) is 9.84 Å². The summed E-state index contributed by atoms with van der Waals surface area (Å²) in [6.07, 6.45) is 1.38. The van der Waals surface area contributed by atoms with Crippen molar-refractivity contribution in [2.45, 2.75) is 28.7 Å². The molecule has 0 spiro atoms. The predicted octanol–water partition coefficient (Wildman–Crippen LogP) is 5.50. The smallest absolute Gasteiger partial charge is 0.326 e. The fraction of sp³-hybridized carbons (Fsp3) is 0.294. The zero-order valence-corrected chi connectivity index (χ0v) is 29.3. The fourth-order valence-corrected chi connectivity index (χ4v) is 8.43. The quantitative estimate of drug-likeness (QED) is 0.225. The molecule has 254 valence electrons. The number of likely N-dealkylation sites (N-methyl/N-ethyl adjacent to an activating group) is 2. The summed E-state index contributed by atoms with van der Waals surface area (Å²) in [5.41, 5.74) is 0.478. The number of piperidine rings is 1. The molecule has 0 saturated carbocycles. The van der Waals surface area contributed by atoms with Gasteiger partial charge in [-0.05, 0) is 85.7 Å². The van der Waals surface area contributed by atoms with E-state index in [0.717, 1.165) is 17.2 Å². The number of benzene rings is 4. The van der Waals surface area contributed by atoms with E-state index >= 15 is 4.39 Å². The maximum Gasteiger partial charge on any atom is 0.334 e. The molecule has 0 N–H and O–H groups in total. The lowest BCUT2D eigenvalue weighted by atomic mass is 10.0. The van der Waals surface area contributed by atoms with Gasteiger partial charge in [0.05, 0.1) is 15.5 Å². The van der Waals surface area contributed by atoms with Crippen LogP contribution in [-0.2, 0) is 24.7 Å². The second kappa shape index (κ2) is 13.8. The molecule has 14 heteroatoms. The summed E-state index contributed by atoms with van der Waals surface area (Å²) in [6.45, 7) is 0.710. The summed E-state index contributed by atoms with van der Waals surface area (Å²) in [5.74, 6) is -1.56. The fourth-order valence-electron chi connectivity index (χ4n) is 5.72. The topological polar surface area (TPSA) is 115 Å². The molecule has 1 aliphatic heterocycles. The molecule has 4 aromatic rings. The third-order valence-corrected chi connectivity index (χ3v) is 11.4. The van der Waals surface area contributed by atoms with Gasteiger partial charge in [0.2, 0.25) is 0 Å². The first-order chi connectivity index (χ1) is 22.6. The highest BCUT2D eigenvalue weighted by Gasteiger charge is 2.45. The van der Waals surface area contributed by atoms with Crippen molar-refractivity contribution >= 4 is 59.9 Å². The van der Waals surface area contributed by atoms with Crippen molar-refractivity contribution in [3.63, 3.8) is 0 Å². The number of nitrogens with zero attached hydrogens (tertiary/aromatic N) is 4. The van der Waals surface area contributed by atoms with E-state index in [1.165, 1.54) is 42.3 Å². The Bertz CT molecular complexity index is 2110. The minimum Gasteiger partial charge on any atom is -0.326 e. The van der Waals surface area contributed by atoms with Crippen molar-refractivity contribution < 1.29 is 30.8 Å². The molecule has 1 fully saturated rings. The summed E-state index contributed by atoms with van der Waals surface area (Å²) in [6, 6.07) is 17.2. The van der Waals surface area contributed by atoms with Crippen LogP contribution < -0.4 is 4.90 Å². The third-order valence-electron chi connectivity index (χ3n) is 8.26. The molecule has 1 unspecified atom stereocenters. The highest BCUT2D eigenvalue weighted by molar-refractivity contribution is 7.91. The van der Waals surface area contributed by atoms with Crippen molar-refractivity contribution in [2.24, 2.45) is 0 Å². The van der Waals surface area contributed by atoms with Crippen molar-refractivity contribution in [3.8, 4) is 11.1 Å². The van der Waals surface area contributed by atoms with Crippen LogP contribution in [0.25, 0.3) is 21.9 Å². The van der Waals surface area contributed by atoms with Gasteiger partial charge >= 0.3 is 6.03 Å². The standard InChI is InChI=1S/C34H36ClFN4O6S2/c1-37(2)18-19-38(3)34(42)40(48(45,46)27-15-12-23-20-26(35)14-11-24(23)21-27)31-9-7-17-39(33(31)41)30-16-13-25(22-29(30)36)28-8-5-6-10-32(28)47(4,43)44/h5-6,8,10-16,20-22,31H,7,9,17-19H2,1-4H3. The zero-order valence-electron chi connectivity index (χ0n) is 26.9. The Hall–Kier alpha value is -4.04. The molecule has 0 radical (unpaired) electrons. The largest absolute Gasteiger partial charge is 0.334 e. The van der Waals surface area contributed by atoms with Gasteiger partial charge in [0.25, 0.3) is 15.9 Å². The van der Waals surface area contributed by atoms with E-state index in [0.29, 0.717) is 32.2 Å². The van der Waals surface area contributed by atoms with Crippen LogP contribution in [0.1, 0.15) is 12.8 Å². The molecule has 1 aliphatic rings. The van der Waals surface area contributed by atoms with Crippen molar-refractivity contribution in [1.29, 1.82) is 0 Å². The number of hydrogen-bond acceptors (Lipinski definition) is 7. The molecule has 0 bridgehead atoms. The van der Waals surface area contributed by atoms with Crippen molar-refractivity contribution in [3.05, 3.63) is 89.7 Å². The van der Waals surface area contributed by atoms with E-state index in [2.05, 4.69) is 0 Å². The number of urea groups is 1. The van der Waals surface area contributed by atoms with Gasteiger partial charge in [-0.15, -0.1) is 0 Å². The van der Waals surface area contributed by atoms with Crippen LogP contribution >= 0.6 is 11.6 Å². The Morgan fingerprint density at radius 3 is 2.29 bits per heavy atom. The van der Waals surface area contributed by atoms with Crippen LogP contribution in [0.5, 0.6) is 0 Å². The first-order valence-corrected chi connectivity index (χ1v) is 18.8. The zero-order chi connectivity index (χ0) is 35.0. The van der Waals surface area contributed by atoms with E-state index in [4.69, 9.17) is 11.6 Å². The highest BCUT2D eigenvalue weighted by Crippen LogP contribution is 2.34. The molecule has 10 nitrogen and oxygen atoms in total. The maximum atomic E-state index is 15.8. The monoisotopic (exact) mass is 714 g/mol. The summed E-state index contributed by atoms with van der Waals surface area (Å²) in [7, 11) is -3.12. The first kappa shape index (κ1) is 35.3. The van der Waals surface area contributed by atoms with Crippen LogP contribution in [0.2, 0.25) is 5.02 Å². The molecular formula is C34H36ClFN4O6S2. The van der Waals surface area contributed by atoms with E-state index in [1.807, 2.05) is 19.0 Å². The Morgan fingerprint density at radius 1 is 0.917 bits per heavy atom. The Labute approximate surface area is 285 Å². The number of carbonyl (C=O) groups is 2. The summed E-state index contributed by atoms with van der Waals surface area (Å²) in [4.78, 5) is 32.2. The second-order valence-corrected chi connectivity index (χ2v) is 16.3. The van der Waals surface area contributed by atoms with Gasteiger partial charge in [-0.2, -0.15) is 0 Å². The van der Waals surface area contributed by atoms with Gasteiger partial charge in [0.1, 0.15) is 11.9 Å². The van der Waals surface area contributed by atoms with E-state index < -0.39 is 43.7 Å². The molecular weight excluding hydrogens is 679 g/mol. The molecule has 0 aliphatic carbocycles. The SMILES string of the molecule is CN(C)CCN(C)C(=O)N(C1CCCN(c2ccc(-c3ccccc3S(C)(=O)=O)cc2F)C1=O)S(=O)(=O)c1ccc2cc(Cl)ccc2c1. The predicted molar refractivity (Wildman–Crippen MR) is 185 cm³/mol. The highest BCUT2D eigenvalue weighted by atomic mass is 35.5. The lowest BCUT2D eigenvalue weighted by molar-refractivity contribution is -0.123. The molecule has 1 atom stereocenters. The number of sulfone groups is 1. The summed E-state index contributed by atoms with van der Waals surface area (Å²) in [5, 5.41) is 1.75. The van der Waals surface area contributed by atoms with E-state index in [1.54, 1.807) is 42.5 Å². The van der Waals surface area contributed by atoms with Crippen LogP contribution in [0.15, 0.2) is 88.7 Å². The number of anilines is 1. The number of carbonyl (C=O) groups excluding carboxylic acids is 2. The number of sulfonamides is 1. The first-order valence-electron chi connectivity index (χ1n) is 15.1. The molecule has 1 heterocycles. The number of halogens is 2. The van der Waals surface area contributed by atoms with Crippen molar-refractivity contribution in [2.75, 3.05) is 51.9 Å². The van der Waals surface area contributed by atoms with Crippen molar-refractivity contribution in [1.82, 2.24) is 14.1 Å². The number of fused-ring (bicyclic) bond motifs is 1. The van der Waals surface area contributed by atoms with Gasteiger partial charge < -0.3 is 14.7 Å². The normalized spacial score (nSPS) is 15.6. The van der Waals surface area contributed by atoms with Gasteiger partial charge in [-0.3, -0.25) is 4.79 Å². The average Bonchev–Trinajstić information content (AvgIpc) is 3.03. The lowest BCUT2D eigenvalue weighted by Gasteiger charge is -2.39.